The van der Waals surface area contributed by atoms with Crippen LogP contribution in [0.1, 0.15) is 25.7 Å². The van der Waals surface area contributed by atoms with Gasteiger partial charge in [-0.25, -0.2) is 0 Å². The molecule has 1 aliphatic carbocycles. The quantitative estimate of drug-likeness (QED) is 0.868. The van der Waals surface area contributed by atoms with Crippen molar-refractivity contribution in [3.05, 3.63) is 60.7 Å². The van der Waals surface area contributed by atoms with Crippen LogP contribution in [0.4, 0.5) is 0 Å². The van der Waals surface area contributed by atoms with Crippen LogP contribution in [0.3, 0.4) is 0 Å². The lowest BCUT2D eigenvalue weighted by Crippen LogP contribution is -2.34. The zero-order valence-electron chi connectivity index (χ0n) is 12.5. The molecule has 116 valence electrons. The van der Waals surface area contributed by atoms with Crippen molar-refractivity contribution in [2.24, 2.45) is 0 Å². The number of benzene rings is 2. The Morgan fingerprint density at radius 1 is 0.909 bits per heavy atom. The highest BCUT2D eigenvalue weighted by atomic mass is 31.2. The molecular weight excluding hydrogens is 295 g/mol. The summed E-state index contributed by atoms with van der Waals surface area (Å²) < 4.78 is 19.8. The van der Waals surface area contributed by atoms with E-state index in [-0.39, 0.29) is 5.66 Å². The van der Waals surface area contributed by atoms with E-state index in [1.54, 1.807) is 0 Å². The fourth-order valence-electron chi connectivity index (χ4n) is 3.07. The Morgan fingerprint density at radius 3 is 2.14 bits per heavy atom. The van der Waals surface area contributed by atoms with Crippen LogP contribution < -0.4 is 9.83 Å². The van der Waals surface area contributed by atoms with Gasteiger partial charge in [-0.3, -0.25) is 4.57 Å². The first kappa shape index (κ1) is 15.3. The highest BCUT2D eigenvalue weighted by Crippen LogP contribution is 2.55. The Hall–Kier alpha value is -1.57. The van der Waals surface area contributed by atoms with Gasteiger partial charge in [0.25, 0.3) is 7.37 Å². The minimum atomic E-state index is -3.18. The van der Waals surface area contributed by atoms with Gasteiger partial charge in [0.2, 0.25) is 0 Å². The molecule has 1 aliphatic rings. The molecule has 1 saturated carbocycles. The van der Waals surface area contributed by atoms with Crippen LogP contribution in [0, 0.1) is 0 Å². The summed E-state index contributed by atoms with van der Waals surface area (Å²) in [5.74, 6) is 0.590. The minimum absolute atomic E-state index is 0.330. The van der Waals surface area contributed by atoms with Crippen LogP contribution in [0.25, 0.3) is 0 Å². The van der Waals surface area contributed by atoms with Crippen molar-refractivity contribution in [3.63, 3.8) is 0 Å². The second kappa shape index (κ2) is 6.68. The molecule has 0 saturated heterocycles. The summed E-state index contributed by atoms with van der Waals surface area (Å²) in [7, 11) is -3.18. The molecule has 3 unspecified atom stereocenters. The standard InChI is InChI=1S/C18H21O3P/c19-17-13-7-8-14-18(17)22(20,16-11-5-2-6-12-16)21-15-9-3-1-4-10-15/h1-6,9-12,17-19H,7-8,13-14H2. The van der Waals surface area contributed by atoms with Crippen molar-refractivity contribution in [2.45, 2.75) is 37.4 Å². The van der Waals surface area contributed by atoms with E-state index in [2.05, 4.69) is 0 Å². The Bertz CT molecular complexity index is 642. The molecule has 22 heavy (non-hydrogen) atoms. The van der Waals surface area contributed by atoms with Crippen molar-refractivity contribution in [1.29, 1.82) is 0 Å². The van der Waals surface area contributed by atoms with Crippen molar-refractivity contribution >= 4 is 12.7 Å². The minimum Gasteiger partial charge on any atom is -0.440 e. The molecule has 3 atom stereocenters. The van der Waals surface area contributed by atoms with E-state index in [1.807, 2.05) is 60.7 Å². The zero-order chi connectivity index (χ0) is 15.4. The van der Waals surface area contributed by atoms with Gasteiger partial charge in [0.05, 0.1) is 11.8 Å². The molecule has 0 spiro atoms. The molecule has 4 heteroatoms. The van der Waals surface area contributed by atoms with Crippen LogP contribution in [0.15, 0.2) is 60.7 Å². The molecule has 2 aromatic rings. The maximum atomic E-state index is 13.8. The topological polar surface area (TPSA) is 46.5 Å². The van der Waals surface area contributed by atoms with E-state index < -0.39 is 13.5 Å². The highest BCUT2D eigenvalue weighted by molar-refractivity contribution is 7.68. The molecule has 0 aliphatic heterocycles. The van der Waals surface area contributed by atoms with Gasteiger partial charge in [0.15, 0.2) is 0 Å². The Kier molecular flexibility index (Phi) is 4.66. The average molecular weight is 316 g/mol. The fraction of sp³-hybridized carbons (Fsp3) is 0.333. The number of hydrogen-bond acceptors (Lipinski definition) is 3. The van der Waals surface area contributed by atoms with E-state index in [0.29, 0.717) is 17.5 Å². The van der Waals surface area contributed by atoms with Gasteiger partial charge in [-0.1, -0.05) is 49.2 Å². The summed E-state index contributed by atoms with van der Waals surface area (Å²) >= 11 is 0. The van der Waals surface area contributed by atoms with Gasteiger partial charge in [-0.15, -0.1) is 0 Å². The van der Waals surface area contributed by atoms with E-state index in [0.717, 1.165) is 19.3 Å². The number of para-hydroxylation sites is 1. The van der Waals surface area contributed by atoms with E-state index in [9.17, 15) is 9.67 Å². The SMILES string of the molecule is O=P(Oc1ccccc1)(c1ccccc1)C1CCCCC1O. The monoisotopic (exact) mass is 316 g/mol. The molecular formula is C18H21O3P. The fourth-order valence-corrected chi connectivity index (χ4v) is 5.84. The van der Waals surface area contributed by atoms with E-state index >= 15 is 0 Å². The Morgan fingerprint density at radius 2 is 1.50 bits per heavy atom. The smallest absolute Gasteiger partial charge is 0.282 e. The lowest BCUT2D eigenvalue weighted by Gasteiger charge is -2.34. The second-order valence-corrected chi connectivity index (χ2v) is 8.31. The third-order valence-corrected chi connectivity index (χ3v) is 7.21. The lowest BCUT2D eigenvalue weighted by molar-refractivity contribution is 0.130. The van der Waals surface area contributed by atoms with Gasteiger partial charge < -0.3 is 9.63 Å². The lowest BCUT2D eigenvalue weighted by atomic mass is 9.97. The van der Waals surface area contributed by atoms with Gasteiger partial charge in [-0.05, 0) is 37.1 Å². The highest BCUT2D eigenvalue weighted by Gasteiger charge is 2.43. The van der Waals surface area contributed by atoms with Crippen LogP contribution in [0.5, 0.6) is 5.75 Å². The molecule has 0 bridgehead atoms. The molecule has 2 aromatic carbocycles. The Labute approximate surface area is 131 Å². The summed E-state index contributed by atoms with van der Waals surface area (Å²) in [5, 5.41) is 11.1. The van der Waals surface area contributed by atoms with Gasteiger partial charge in [0, 0.05) is 5.30 Å². The average Bonchev–Trinajstić information content (AvgIpc) is 2.57. The molecule has 3 rings (SSSR count). The maximum absolute atomic E-state index is 13.8. The third kappa shape index (κ3) is 3.11. The maximum Gasteiger partial charge on any atom is 0.282 e. The largest absolute Gasteiger partial charge is 0.440 e. The van der Waals surface area contributed by atoms with Gasteiger partial charge in [0.1, 0.15) is 5.75 Å². The number of aliphatic hydroxyl groups excluding tert-OH is 1. The molecule has 3 nitrogen and oxygen atoms in total. The molecule has 0 amide bonds. The first-order chi connectivity index (χ1) is 10.7. The number of hydrogen-bond donors (Lipinski definition) is 1. The number of rotatable bonds is 4. The van der Waals surface area contributed by atoms with Crippen molar-refractivity contribution < 1.29 is 14.2 Å². The van der Waals surface area contributed by atoms with Crippen molar-refractivity contribution in [3.8, 4) is 5.75 Å². The van der Waals surface area contributed by atoms with Crippen LogP contribution in [0.2, 0.25) is 0 Å². The first-order valence-corrected chi connectivity index (χ1v) is 9.47. The van der Waals surface area contributed by atoms with Gasteiger partial charge in [-0.2, -0.15) is 0 Å². The van der Waals surface area contributed by atoms with Crippen molar-refractivity contribution in [2.75, 3.05) is 0 Å². The molecule has 0 heterocycles. The molecule has 0 radical (unpaired) electrons. The van der Waals surface area contributed by atoms with Crippen molar-refractivity contribution in [1.82, 2.24) is 0 Å². The summed E-state index contributed by atoms with van der Waals surface area (Å²) in [6.45, 7) is 0. The molecule has 1 fully saturated rings. The predicted molar refractivity (Wildman–Crippen MR) is 89.0 cm³/mol. The summed E-state index contributed by atoms with van der Waals surface area (Å²) in [6, 6.07) is 18.6. The van der Waals surface area contributed by atoms with Crippen LogP contribution >= 0.6 is 7.37 Å². The predicted octanol–water partition coefficient (Wildman–Crippen LogP) is 3.97. The Balaban J connectivity index is 2.00. The van der Waals surface area contributed by atoms with E-state index in [1.165, 1.54) is 0 Å². The van der Waals surface area contributed by atoms with Gasteiger partial charge >= 0.3 is 0 Å². The summed E-state index contributed by atoms with van der Waals surface area (Å²) in [6.07, 6.45) is 2.83. The van der Waals surface area contributed by atoms with Crippen LogP contribution in [-0.4, -0.2) is 16.9 Å². The molecule has 1 N–H and O–H groups in total. The third-order valence-electron chi connectivity index (χ3n) is 4.23. The zero-order valence-corrected chi connectivity index (χ0v) is 13.4. The van der Waals surface area contributed by atoms with Crippen LogP contribution in [-0.2, 0) is 4.57 Å². The summed E-state index contributed by atoms with van der Waals surface area (Å²) in [4.78, 5) is 0. The molecule has 0 aromatic heterocycles. The normalized spacial score (nSPS) is 24.4. The second-order valence-electron chi connectivity index (χ2n) is 5.76. The van der Waals surface area contributed by atoms with E-state index in [4.69, 9.17) is 4.52 Å². The summed E-state index contributed by atoms with van der Waals surface area (Å²) in [5.41, 5.74) is -0.330. The number of aliphatic hydroxyl groups is 1. The first-order valence-electron chi connectivity index (χ1n) is 7.78.